The summed E-state index contributed by atoms with van der Waals surface area (Å²) >= 11 is 0. The summed E-state index contributed by atoms with van der Waals surface area (Å²) in [7, 11) is 1.91. The van der Waals surface area contributed by atoms with Gasteiger partial charge in [0.1, 0.15) is 11.6 Å². The zero-order valence-electron chi connectivity index (χ0n) is 16.2. The lowest BCUT2D eigenvalue weighted by molar-refractivity contribution is 0.0621. The van der Waals surface area contributed by atoms with Crippen LogP contribution in [0.25, 0.3) is 0 Å². The summed E-state index contributed by atoms with van der Waals surface area (Å²) < 4.78 is 21.8. The lowest BCUT2D eigenvalue weighted by Gasteiger charge is -2.34. The summed E-state index contributed by atoms with van der Waals surface area (Å²) in [6.45, 7) is 3.95. The maximum absolute atomic E-state index is 12.9. The molecule has 0 atom stereocenters. The number of aryl methyl sites for hydroxylation is 1. The predicted octanol–water partition coefficient (Wildman–Crippen LogP) is 1.75. The van der Waals surface area contributed by atoms with Gasteiger partial charge in [0.15, 0.2) is 12.4 Å². The van der Waals surface area contributed by atoms with Gasteiger partial charge in [-0.05, 0) is 30.3 Å². The van der Waals surface area contributed by atoms with Crippen LogP contribution in [0.4, 0.5) is 4.39 Å². The summed E-state index contributed by atoms with van der Waals surface area (Å²) in [5.41, 5.74) is 1.57. The van der Waals surface area contributed by atoms with Gasteiger partial charge in [-0.1, -0.05) is 0 Å². The van der Waals surface area contributed by atoms with Crippen LogP contribution in [-0.4, -0.2) is 61.4 Å². The van der Waals surface area contributed by atoms with Gasteiger partial charge in [0.25, 0.3) is 5.91 Å². The van der Waals surface area contributed by atoms with Gasteiger partial charge in [-0.25, -0.2) is 9.07 Å². The van der Waals surface area contributed by atoms with Gasteiger partial charge in [0.2, 0.25) is 0 Å². The molecule has 0 bridgehead atoms. The van der Waals surface area contributed by atoms with Crippen molar-refractivity contribution in [1.29, 1.82) is 0 Å². The molecule has 0 unspecified atom stereocenters. The van der Waals surface area contributed by atoms with Crippen LogP contribution in [0.1, 0.15) is 16.1 Å². The number of benzene rings is 1. The van der Waals surface area contributed by atoms with Crippen LogP contribution in [0.2, 0.25) is 0 Å². The van der Waals surface area contributed by atoms with Gasteiger partial charge in [-0.15, -0.1) is 0 Å². The third-order valence-electron chi connectivity index (χ3n) is 4.86. The largest absolute Gasteiger partial charge is 0.471 e. The fourth-order valence-corrected chi connectivity index (χ4v) is 3.30. The highest BCUT2D eigenvalue weighted by Gasteiger charge is 2.23. The molecule has 1 aliphatic heterocycles. The molecular weight excluding hydrogens is 375 g/mol. The van der Waals surface area contributed by atoms with Gasteiger partial charge >= 0.3 is 0 Å². The molecule has 0 radical (unpaired) electrons. The smallest absolute Gasteiger partial charge is 0.274 e. The third kappa shape index (κ3) is 4.80. The van der Waals surface area contributed by atoms with Crippen LogP contribution >= 0.6 is 0 Å². The molecule has 1 fully saturated rings. The van der Waals surface area contributed by atoms with Crippen molar-refractivity contribution < 1.29 is 13.9 Å². The number of rotatable bonds is 6. The predicted molar refractivity (Wildman–Crippen MR) is 104 cm³/mol. The second kappa shape index (κ2) is 8.44. The number of halogens is 1. The van der Waals surface area contributed by atoms with E-state index in [1.807, 2.05) is 24.3 Å². The molecule has 29 heavy (non-hydrogen) atoms. The Labute approximate surface area is 168 Å². The SMILES string of the molecule is Cn1cc(CN2CCN(C(=O)c3ccn(COc4ccc(F)cc4)n3)CC2)cn1. The topological polar surface area (TPSA) is 68.4 Å². The fraction of sp³-hybridized carbons (Fsp3) is 0.350. The van der Waals surface area contributed by atoms with Crippen molar-refractivity contribution in [2.24, 2.45) is 7.05 Å². The summed E-state index contributed by atoms with van der Waals surface area (Å²) in [5.74, 6) is 0.149. The minimum absolute atomic E-state index is 0.0773. The van der Waals surface area contributed by atoms with Crippen LogP contribution in [0.5, 0.6) is 5.75 Å². The number of hydrogen-bond acceptors (Lipinski definition) is 5. The normalized spacial score (nSPS) is 14.9. The highest BCUT2D eigenvalue weighted by molar-refractivity contribution is 5.92. The van der Waals surface area contributed by atoms with Crippen molar-refractivity contribution in [3.8, 4) is 5.75 Å². The number of carbonyl (C=O) groups is 1. The van der Waals surface area contributed by atoms with Crippen molar-refractivity contribution in [3.05, 3.63) is 66.0 Å². The first-order valence-corrected chi connectivity index (χ1v) is 9.48. The molecule has 1 amide bonds. The zero-order chi connectivity index (χ0) is 20.2. The average molecular weight is 398 g/mol. The Morgan fingerprint density at radius 3 is 2.59 bits per heavy atom. The minimum Gasteiger partial charge on any atom is -0.471 e. The molecule has 0 spiro atoms. The van der Waals surface area contributed by atoms with Gasteiger partial charge in [-0.2, -0.15) is 10.2 Å². The molecule has 1 aromatic carbocycles. The molecule has 2 aromatic heterocycles. The molecular formula is C20H23FN6O2. The highest BCUT2D eigenvalue weighted by Crippen LogP contribution is 2.13. The Morgan fingerprint density at radius 1 is 1.14 bits per heavy atom. The number of nitrogens with zero attached hydrogens (tertiary/aromatic N) is 6. The summed E-state index contributed by atoms with van der Waals surface area (Å²) in [6.07, 6.45) is 5.59. The Kier molecular flexibility index (Phi) is 5.57. The van der Waals surface area contributed by atoms with E-state index in [0.717, 1.165) is 19.6 Å². The molecule has 8 nitrogen and oxygen atoms in total. The quantitative estimate of drug-likeness (QED) is 0.633. The van der Waals surface area contributed by atoms with Gasteiger partial charge in [-0.3, -0.25) is 14.4 Å². The molecule has 3 heterocycles. The van der Waals surface area contributed by atoms with Crippen molar-refractivity contribution in [3.63, 3.8) is 0 Å². The molecule has 1 aliphatic rings. The monoisotopic (exact) mass is 398 g/mol. The number of carbonyl (C=O) groups excluding carboxylic acids is 1. The first kappa shape index (κ1) is 19.1. The molecule has 4 rings (SSSR count). The maximum atomic E-state index is 12.9. The lowest BCUT2D eigenvalue weighted by Crippen LogP contribution is -2.48. The Balaban J connectivity index is 1.27. The van der Waals surface area contributed by atoms with E-state index < -0.39 is 0 Å². The second-order valence-corrected chi connectivity index (χ2v) is 7.06. The number of hydrogen-bond donors (Lipinski definition) is 0. The second-order valence-electron chi connectivity index (χ2n) is 7.06. The molecule has 0 saturated carbocycles. The van der Waals surface area contributed by atoms with Crippen molar-refractivity contribution in [2.45, 2.75) is 13.3 Å². The van der Waals surface area contributed by atoms with E-state index >= 15 is 0 Å². The summed E-state index contributed by atoms with van der Waals surface area (Å²) in [6, 6.07) is 7.47. The van der Waals surface area contributed by atoms with Crippen LogP contribution in [0.3, 0.4) is 0 Å². The van der Waals surface area contributed by atoms with Crippen molar-refractivity contribution in [1.82, 2.24) is 29.4 Å². The van der Waals surface area contributed by atoms with Gasteiger partial charge < -0.3 is 9.64 Å². The molecule has 0 N–H and O–H groups in total. The number of amides is 1. The zero-order valence-corrected chi connectivity index (χ0v) is 16.2. The van der Waals surface area contributed by atoms with Crippen LogP contribution in [0, 0.1) is 5.82 Å². The van der Waals surface area contributed by atoms with Gasteiger partial charge in [0.05, 0.1) is 6.20 Å². The minimum atomic E-state index is -0.315. The van der Waals surface area contributed by atoms with E-state index in [1.54, 1.807) is 33.8 Å². The standard InChI is InChI=1S/C20H23FN6O2/c1-24-13-16(12-22-24)14-25-8-10-26(11-9-25)20(28)19-6-7-27(23-19)15-29-18-4-2-17(21)3-5-18/h2-7,12-13H,8-11,14-15H2,1H3. The van der Waals surface area contributed by atoms with E-state index in [0.29, 0.717) is 24.5 Å². The van der Waals surface area contributed by atoms with E-state index in [4.69, 9.17) is 4.74 Å². The Morgan fingerprint density at radius 2 is 1.90 bits per heavy atom. The average Bonchev–Trinajstić information content (AvgIpc) is 3.37. The van der Waals surface area contributed by atoms with Crippen LogP contribution in [0.15, 0.2) is 48.9 Å². The van der Waals surface area contributed by atoms with Crippen molar-refractivity contribution >= 4 is 5.91 Å². The summed E-state index contributed by atoms with van der Waals surface area (Å²) in [4.78, 5) is 16.9. The molecule has 9 heteroatoms. The Bertz CT molecular complexity index is 960. The lowest BCUT2D eigenvalue weighted by atomic mass is 10.2. The summed E-state index contributed by atoms with van der Waals surface area (Å²) in [5, 5.41) is 8.50. The molecule has 3 aromatic rings. The molecule has 152 valence electrons. The van der Waals surface area contributed by atoms with E-state index in [9.17, 15) is 9.18 Å². The highest BCUT2D eigenvalue weighted by atomic mass is 19.1. The molecule has 0 aliphatic carbocycles. The number of piperazine rings is 1. The van der Waals surface area contributed by atoms with Crippen LogP contribution in [-0.2, 0) is 20.3 Å². The van der Waals surface area contributed by atoms with Crippen LogP contribution < -0.4 is 4.74 Å². The number of ether oxygens (including phenoxy) is 1. The number of aromatic nitrogens is 4. The molecule has 1 saturated heterocycles. The Hall–Kier alpha value is -3.20. The first-order valence-electron chi connectivity index (χ1n) is 9.48. The van der Waals surface area contributed by atoms with E-state index in [2.05, 4.69) is 15.1 Å². The van der Waals surface area contributed by atoms with E-state index in [1.165, 1.54) is 17.7 Å². The third-order valence-corrected chi connectivity index (χ3v) is 4.86. The van der Waals surface area contributed by atoms with Gasteiger partial charge in [0, 0.05) is 57.7 Å². The first-order chi connectivity index (χ1) is 14.1. The van der Waals surface area contributed by atoms with E-state index in [-0.39, 0.29) is 18.5 Å². The maximum Gasteiger partial charge on any atom is 0.274 e. The fourth-order valence-electron chi connectivity index (χ4n) is 3.30. The van der Waals surface area contributed by atoms with Crippen molar-refractivity contribution in [2.75, 3.05) is 26.2 Å².